The molecule has 208 valence electrons. The first kappa shape index (κ1) is 32.2. The molecule has 0 spiro atoms. The molecule has 8 nitrogen and oxygen atoms in total. The van der Waals surface area contributed by atoms with Crippen molar-refractivity contribution in [1.29, 1.82) is 0 Å². The van der Waals surface area contributed by atoms with Gasteiger partial charge in [-0.25, -0.2) is 13.6 Å². The zero-order valence-electron chi connectivity index (χ0n) is 23.2. The zero-order chi connectivity index (χ0) is 29.2. The largest absolute Gasteiger partial charge is 0.478 e. The van der Waals surface area contributed by atoms with Crippen molar-refractivity contribution >= 4 is 23.2 Å². The summed E-state index contributed by atoms with van der Waals surface area (Å²) in [5.74, 6) is -3.27. The number of carboxylic acids is 1. The summed E-state index contributed by atoms with van der Waals surface area (Å²) in [5.41, 5.74) is 2.44. The van der Waals surface area contributed by atoms with E-state index in [1.54, 1.807) is 12.2 Å². The van der Waals surface area contributed by atoms with Crippen LogP contribution in [0.3, 0.4) is 0 Å². The standard InChI is InChI=1S/C23H26N4O4.C3H6F2.C2H6/c1-5-16(11-10-14(2)3)27-21(28)18-9-7-6-8-17(18)20(25-27)24-19-12-15(23(30)31)13-26(4)22(19)29;1-3(2,4)5;1-2/h5,10-13H,1,6-9H2,2-4H3,(H,24,25)(H,30,31);1-2H3;1-2H3/b16-11+;;. The number of pyridine rings is 1. The minimum atomic E-state index is -2.50. The van der Waals surface area contributed by atoms with Gasteiger partial charge in [0.2, 0.25) is 5.92 Å². The SMILES string of the molecule is C=C/C(=C\C=C(C)C)n1nc(Nc2cc(C(=O)O)cn(C)c2=O)c2c(c1=O)CCCC2.CC.CC(C)(F)F. The number of hydrogen-bond acceptors (Lipinski definition) is 5. The first-order valence-corrected chi connectivity index (χ1v) is 12.4. The van der Waals surface area contributed by atoms with Crippen LogP contribution in [0.2, 0.25) is 0 Å². The number of alkyl halides is 2. The number of nitrogens with zero attached hydrogens (tertiary/aromatic N) is 3. The fourth-order valence-corrected chi connectivity index (χ4v) is 3.53. The molecule has 2 aromatic heterocycles. The van der Waals surface area contributed by atoms with E-state index < -0.39 is 17.5 Å². The Kier molecular flexibility index (Phi) is 12.0. The molecular formula is C28H38F2N4O4. The maximum Gasteiger partial charge on any atom is 0.337 e. The molecule has 2 heterocycles. The number of halogens is 2. The lowest BCUT2D eigenvalue weighted by molar-refractivity contribution is 0.0437. The second kappa shape index (κ2) is 14.2. The average Bonchev–Trinajstić information content (AvgIpc) is 2.84. The monoisotopic (exact) mass is 532 g/mol. The zero-order valence-corrected chi connectivity index (χ0v) is 23.2. The Morgan fingerprint density at radius 3 is 2.16 bits per heavy atom. The van der Waals surface area contributed by atoms with Crippen molar-refractivity contribution < 1.29 is 18.7 Å². The molecule has 10 heteroatoms. The van der Waals surface area contributed by atoms with Crippen LogP contribution in [0.4, 0.5) is 20.3 Å². The van der Waals surface area contributed by atoms with Gasteiger partial charge in [-0.1, -0.05) is 32.1 Å². The maximum absolute atomic E-state index is 13.1. The van der Waals surface area contributed by atoms with E-state index in [4.69, 9.17) is 0 Å². The van der Waals surface area contributed by atoms with Crippen molar-refractivity contribution in [2.75, 3.05) is 5.32 Å². The van der Waals surface area contributed by atoms with Crippen LogP contribution < -0.4 is 16.4 Å². The highest BCUT2D eigenvalue weighted by Crippen LogP contribution is 2.26. The molecule has 0 bridgehead atoms. The van der Waals surface area contributed by atoms with E-state index in [-0.39, 0.29) is 16.8 Å². The van der Waals surface area contributed by atoms with E-state index in [0.29, 0.717) is 29.9 Å². The number of fused-ring (bicyclic) bond motifs is 1. The van der Waals surface area contributed by atoms with E-state index in [2.05, 4.69) is 17.0 Å². The van der Waals surface area contributed by atoms with Gasteiger partial charge in [0.1, 0.15) is 5.69 Å². The molecule has 0 saturated heterocycles. The van der Waals surface area contributed by atoms with Crippen LogP contribution in [0, 0.1) is 0 Å². The Balaban J connectivity index is 0.000000924. The normalized spacial score (nSPS) is 12.6. The summed E-state index contributed by atoms with van der Waals surface area (Å²) in [6, 6.07) is 1.28. The molecule has 1 aliphatic carbocycles. The van der Waals surface area contributed by atoms with Crippen LogP contribution >= 0.6 is 0 Å². The quantitative estimate of drug-likeness (QED) is 0.446. The summed E-state index contributed by atoms with van der Waals surface area (Å²) in [5, 5.41) is 16.9. The molecule has 0 aromatic carbocycles. The third-order valence-corrected chi connectivity index (χ3v) is 5.13. The van der Waals surface area contributed by atoms with Crippen LogP contribution in [-0.4, -0.2) is 31.3 Å². The fourth-order valence-electron chi connectivity index (χ4n) is 3.53. The Morgan fingerprint density at radius 1 is 1.11 bits per heavy atom. The van der Waals surface area contributed by atoms with Crippen molar-refractivity contribution in [1.82, 2.24) is 14.3 Å². The first-order valence-electron chi connectivity index (χ1n) is 12.4. The van der Waals surface area contributed by atoms with E-state index in [9.17, 15) is 28.3 Å². The summed E-state index contributed by atoms with van der Waals surface area (Å²) >= 11 is 0. The number of anilines is 2. The van der Waals surface area contributed by atoms with Crippen molar-refractivity contribution in [3.63, 3.8) is 0 Å². The number of carboxylic acid groups (broad SMARTS) is 1. The third kappa shape index (κ3) is 9.24. The molecule has 3 rings (SSSR count). The Bertz CT molecular complexity index is 1320. The average molecular weight is 533 g/mol. The van der Waals surface area contributed by atoms with Crippen LogP contribution in [0.15, 0.2) is 52.2 Å². The molecule has 2 aromatic rings. The maximum atomic E-state index is 13.1. The molecule has 0 saturated carbocycles. The number of carbonyl (C=O) groups is 1. The van der Waals surface area contributed by atoms with Crippen LogP contribution in [0.25, 0.3) is 5.70 Å². The van der Waals surface area contributed by atoms with E-state index in [0.717, 1.165) is 37.8 Å². The number of allylic oxidation sites excluding steroid dienone is 5. The topological polar surface area (TPSA) is 106 Å². The lowest BCUT2D eigenvalue weighted by Crippen LogP contribution is -2.30. The number of hydrogen-bond donors (Lipinski definition) is 2. The third-order valence-electron chi connectivity index (χ3n) is 5.13. The number of aryl methyl sites for hydroxylation is 1. The van der Waals surface area contributed by atoms with Crippen LogP contribution in [-0.2, 0) is 19.9 Å². The van der Waals surface area contributed by atoms with Gasteiger partial charge < -0.3 is 15.0 Å². The number of nitrogens with one attached hydrogen (secondary N) is 1. The summed E-state index contributed by atoms with van der Waals surface area (Å²) in [4.78, 5) is 37.2. The molecular weight excluding hydrogens is 494 g/mol. The van der Waals surface area contributed by atoms with Gasteiger partial charge in [-0.15, -0.1) is 5.10 Å². The molecule has 0 fully saturated rings. The number of rotatable bonds is 6. The smallest absolute Gasteiger partial charge is 0.337 e. The predicted molar refractivity (Wildman–Crippen MR) is 149 cm³/mol. The second-order valence-electron chi connectivity index (χ2n) is 9.09. The van der Waals surface area contributed by atoms with Crippen molar-refractivity contribution in [3.8, 4) is 0 Å². The Hall–Kier alpha value is -3.82. The summed E-state index contributed by atoms with van der Waals surface area (Å²) in [6.07, 6.45) is 9.51. The van der Waals surface area contributed by atoms with Gasteiger partial charge in [0.15, 0.2) is 5.82 Å². The Labute approximate surface area is 222 Å². The van der Waals surface area contributed by atoms with Gasteiger partial charge in [0, 0.05) is 24.4 Å². The van der Waals surface area contributed by atoms with E-state index in [1.807, 2.05) is 33.8 Å². The predicted octanol–water partition coefficient (Wildman–Crippen LogP) is 5.94. The van der Waals surface area contributed by atoms with Crippen molar-refractivity contribution in [2.24, 2.45) is 7.05 Å². The van der Waals surface area contributed by atoms with E-state index >= 15 is 0 Å². The van der Waals surface area contributed by atoms with Crippen molar-refractivity contribution in [2.45, 2.75) is 73.1 Å². The van der Waals surface area contributed by atoms with Gasteiger partial charge in [-0.3, -0.25) is 9.59 Å². The highest BCUT2D eigenvalue weighted by atomic mass is 19.3. The summed E-state index contributed by atoms with van der Waals surface area (Å²) in [7, 11) is 1.49. The van der Waals surface area contributed by atoms with Crippen LogP contribution in [0.5, 0.6) is 0 Å². The first-order chi connectivity index (χ1) is 17.7. The van der Waals surface area contributed by atoms with Gasteiger partial charge >= 0.3 is 5.97 Å². The summed E-state index contributed by atoms with van der Waals surface area (Å²) in [6.45, 7) is 13.4. The minimum Gasteiger partial charge on any atom is -0.478 e. The Morgan fingerprint density at radius 2 is 1.66 bits per heavy atom. The molecule has 0 radical (unpaired) electrons. The molecule has 38 heavy (non-hydrogen) atoms. The molecule has 0 unspecified atom stereocenters. The molecule has 2 N–H and O–H groups in total. The molecule has 0 amide bonds. The van der Waals surface area contributed by atoms with Gasteiger partial charge in [0.05, 0.1) is 11.3 Å². The number of aromatic carboxylic acids is 1. The number of aromatic nitrogens is 3. The molecule has 1 aliphatic rings. The van der Waals surface area contributed by atoms with E-state index in [1.165, 1.54) is 28.6 Å². The minimum absolute atomic E-state index is 0.0259. The molecule has 0 aliphatic heterocycles. The summed E-state index contributed by atoms with van der Waals surface area (Å²) < 4.78 is 24.5. The lowest BCUT2D eigenvalue weighted by Gasteiger charge is -2.21. The highest BCUT2D eigenvalue weighted by molar-refractivity contribution is 5.88. The van der Waals surface area contributed by atoms with Gasteiger partial charge in [-0.05, 0) is 71.6 Å². The highest BCUT2D eigenvalue weighted by Gasteiger charge is 2.22. The van der Waals surface area contributed by atoms with Crippen LogP contribution in [0.1, 0.15) is 75.9 Å². The fraction of sp³-hybridized carbons (Fsp3) is 0.429. The lowest BCUT2D eigenvalue weighted by atomic mass is 9.93. The van der Waals surface area contributed by atoms with Crippen molar-refractivity contribution in [3.05, 3.63) is 80.0 Å². The van der Waals surface area contributed by atoms with Gasteiger partial charge in [0.25, 0.3) is 11.1 Å². The second-order valence-corrected chi connectivity index (χ2v) is 9.09. The van der Waals surface area contributed by atoms with Gasteiger partial charge in [-0.2, -0.15) is 4.68 Å². The molecule has 0 atom stereocenters.